The molecule has 1 aromatic heterocycles. The number of nitrogens with zero attached hydrogens (tertiary/aromatic N) is 2. The zero-order valence-corrected chi connectivity index (χ0v) is 16.6. The zero-order valence-electron chi connectivity index (χ0n) is 16.6. The molecule has 0 radical (unpaired) electrons. The highest BCUT2D eigenvalue weighted by Crippen LogP contribution is 2.30. The summed E-state index contributed by atoms with van der Waals surface area (Å²) in [6.45, 7) is 4.02. The summed E-state index contributed by atoms with van der Waals surface area (Å²) < 4.78 is 16.0. The molecular weight excluding hydrogens is 356 g/mol. The van der Waals surface area contributed by atoms with Crippen LogP contribution in [0.1, 0.15) is 34.7 Å². The van der Waals surface area contributed by atoms with Gasteiger partial charge in [-0.15, -0.1) is 0 Å². The van der Waals surface area contributed by atoms with Crippen LogP contribution in [-0.4, -0.2) is 55.6 Å². The molecular formula is C22H28N2O4. The fraction of sp³-hybridized carbons (Fsp3) is 0.500. The second kappa shape index (κ2) is 8.37. The molecule has 2 bridgehead atoms. The Hall–Kier alpha value is -2.31. The highest BCUT2D eigenvalue weighted by atomic mass is 16.5. The highest BCUT2D eigenvalue weighted by molar-refractivity contribution is 5.92. The van der Waals surface area contributed by atoms with Crippen molar-refractivity contribution in [2.24, 2.45) is 5.92 Å². The van der Waals surface area contributed by atoms with Crippen molar-refractivity contribution in [1.82, 2.24) is 9.80 Å². The molecule has 1 amide bonds. The van der Waals surface area contributed by atoms with Crippen LogP contribution in [0.4, 0.5) is 0 Å². The summed E-state index contributed by atoms with van der Waals surface area (Å²) in [5.41, 5.74) is 1.27. The fourth-order valence-electron chi connectivity index (χ4n) is 4.40. The predicted octanol–water partition coefficient (Wildman–Crippen LogP) is 3.17. The summed E-state index contributed by atoms with van der Waals surface area (Å²) in [7, 11) is 3.31. The molecule has 3 aliphatic heterocycles. The van der Waals surface area contributed by atoms with Gasteiger partial charge in [-0.1, -0.05) is 12.1 Å². The molecule has 0 saturated carbocycles. The summed E-state index contributed by atoms with van der Waals surface area (Å²) in [5.74, 6) is 2.49. The molecule has 1 aromatic carbocycles. The van der Waals surface area contributed by atoms with Gasteiger partial charge in [0.05, 0.1) is 7.11 Å². The lowest BCUT2D eigenvalue weighted by molar-refractivity contribution is 0.0546. The Balaban J connectivity index is 1.44. The van der Waals surface area contributed by atoms with Gasteiger partial charge in [-0.25, -0.2) is 0 Å². The van der Waals surface area contributed by atoms with Crippen molar-refractivity contribution in [3.05, 3.63) is 53.5 Å². The van der Waals surface area contributed by atoms with Crippen molar-refractivity contribution in [1.29, 1.82) is 0 Å². The normalized spacial score (nSPS) is 22.3. The maximum atomic E-state index is 13.1. The molecule has 0 N–H and O–H groups in total. The van der Waals surface area contributed by atoms with Gasteiger partial charge in [0, 0.05) is 39.3 Å². The monoisotopic (exact) mass is 384 g/mol. The Morgan fingerprint density at radius 2 is 1.89 bits per heavy atom. The van der Waals surface area contributed by atoms with E-state index in [1.807, 2.05) is 23.1 Å². The lowest BCUT2D eigenvalue weighted by Gasteiger charge is -2.35. The van der Waals surface area contributed by atoms with Gasteiger partial charge in [0.2, 0.25) is 0 Å². The molecule has 2 atom stereocenters. The molecule has 2 aromatic rings. The van der Waals surface area contributed by atoms with Crippen LogP contribution in [0.5, 0.6) is 5.75 Å². The summed E-state index contributed by atoms with van der Waals surface area (Å²) in [6, 6.07) is 12.1. The second-order valence-corrected chi connectivity index (χ2v) is 7.80. The van der Waals surface area contributed by atoms with Crippen molar-refractivity contribution in [2.75, 3.05) is 33.9 Å². The first-order valence-corrected chi connectivity index (χ1v) is 9.90. The Kier molecular flexibility index (Phi) is 5.69. The smallest absolute Gasteiger partial charge is 0.289 e. The topological polar surface area (TPSA) is 55.2 Å². The predicted molar refractivity (Wildman–Crippen MR) is 105 cm³/mol. The average Bonchev–Trinajstić information content (AvgIpc) is 3.00. The first-order valence-electron chi connectivity index (χ1n) is 9.90. The second-order valence-electron chi connectivity index (χ2n) is 7.80. The van der Waals surface area contributed by atoms with Crippen LogP contribution in [-0.2, 0) is 17.9 Å². The minimum Gasteiger partial charge on any atom is -0.497 e. The van der Waals surface area contributed by atoms with Crippen molar-refractivity contribution in [3.8, 4) is 5.75 Å². The number of hydrogen-bond donors (Lipinski definition) is 0. The largest absolute Gasteiger partial charge is 0.497 e. The van der Waals surface area contributed by atoms with Gasteiger partial charge in [-0.05, 0) is 48.6 Å². The zero-order chi connectivity index (χ0) is 19.5. The summed E-state index contributed by atoms with van der Waals surface area (Å²) in [6.07, 6.45) is 2.24. The number of carbonyl (C=O) groups is 1. The first kappa shape index (κ1) is 19.0. The summed E-state index contributed by atoms with van der Waals surface area (Å²) in [5, 5.41) is 0. The molecule has 3 saturated heterocycles. The highest BCUT2D eigenvalue weighted by Gasteiger charge is 2.38. The van der Waals surface area contributed by atoms with Crippen LogP contribution >= 0.6 is 0 Å². The number of methoxy groups -OCH3 is 2. The van der Waals surface area contributed by atoms with Crippen molar-refractivity contribution < 1.29 is 18.7 Å². The SMILES string of the molecule is COCc1ccc(C(=O)N2C[C@H]3CC[C@@H]2CN(Cc2ccc(OC)cc2)C3)o1. The molecule has 5 rings (SSSR count). The first-order chi connectivity index (χ1) is 13.7. The third kappa shape index (κ3) is 4.08. The molecule has 150 valence electrons. The standard InChI is InChI=1S/C22H28N2O4/c1-26-15-20-9-10-21(28-20)22(25)24-13-17-3-6-18(24)14-23(12-17)11-16-4-7-19(27-2)8-5-16/h4-5,7-10,17-18H,3,6,11-15H2,1-2H3/t17-,18+/m0/s1. The van der Waals surface area contributed by atoms with Gasteiger partial charge in [0.15, 0.2) is 5.76 Å². The number of rotatable bonds is 6. The van der Waals surface area contributed by atoms with Gasteiger partial charge >= 0.3 is 0 Å². The van der Waals surface area contributed by atoms with E-state index in [1.165, 1.54) is 12.0 Å². The fourth-order valence-corrected chi connectivity index (χ4v) is 4.40. The molecule has 28 heavy (non-hydrogen) atoms. The van der Waals surface area contributed by atoms with E-state index in [0.29, 0.717) is 24.0 Å². The summed E-state index contributed by atoms with van der Waals surface area (Å²) >= 11 is 0. The van der Waals surface area contributed by atoms with E-state index in [1.54, 1.807) is 20.3 Å². The Labute approximate surface area is 166 Å². The molecule has 4 heterocycles. The van der Waals surface area contributed by atoms with Crippen molar-refractivity contribution in [2.45, 2.75) is 32.0 Å². The summed E-state index contributed by atoms with van der Waals surface area (Å²) in [4.78, 5) is 17.6. The average molecular weight is 384 g/mol. The quantitative estimate of drug-likeness (QED) is 0.766. The van der Waals surface area contributed by atoms with Crippen LogP contribution in [0.25, 0.3) is 0 Å². The van der Waals surface area contributed by atoms with Gasteiger partial charge in [-0.3, -0.25) is 9.69 Å². The Bertz CT molecular complexity index is 801. The molecule has 0 aliphatic carbocycles. The van der Waals surface area contributed by atoms with E-state index in [2.05, 4.69) is 17.0 Å². The van der Waals surface area contributed by atoms with E-state index < -0.39 is 0 Å². The molecule has 0 spiro atoms. The number of carbonyl (C=O) groups excluding carboxylic acids is 1. The van der Waals surface area contributed by atoms with Crippen LogP contribution in [0, 0.1) is 5.92 Å². The third-order valence-corrected chi connectivity index (χ3v) is 5.77. The molecule has 0 unspecified atom stereocenters. The Morgan fingerprint density at radius 3 is 2.64 bits per heavy atom. The molecule has 6 heteroatoms. The molecule has 6 nitrogen and oxygen atoms in total. The number of fused-ring (bicyclic) bond motifs is 4. The van der Waals surface area contributed by atoms with Gasteiger partial charge in [-0.2, -0.15) is 0 Å². The molecule has 3 fully saturated rings. The van der Waals surface area contributed by atoms with Crippen molar-refractivity contribution >= 4 is 5.91 Å². The number of hydrogen-bond acceptors (Lipinski definition) is 5. The van der Waals surface area contributed by atoms with E-state index in [9.17, 15) is 4.79 Å². The van der Waals surface area contributed by atoms with Gasteiger partial charge in [0.25, 0.3) is 5.91 Å². The number of furan rings is 1. The number of amides is 1. The van der Waals surface area contributed by atoms with E-state index >= 15 is 0 Å². The van der Waals surface area contributed by atoms with Crippen LogP contribution < -0.4 is 4.74 Å². The number of piperidine rings is 1. The third-order valence-electron chi connectivity index (χ3n) is 5.77. The molecule has 3 aliphatic rings. The number of benzene rings is 1. The van der Waals surface area contributed by atoms with E-state index in [4.69, 9.17) is 13.9 Å². The lowest BCUT2D eigenvalue weighted by Crippen LogP contribution is -2.47. The minimum absolute atomic E-state index is 0.00310. The van der Waals surface area contributed by atoms with Gasteiger partial charge in [0.1, 0.15) is 18.1 Å². The van der Waals surface area contributed by atoms with Crippen LogP contribution in [0.15, 0.2) is 40.8 Å². The van der Waals surface area contributed by atoms with Crippen molar-refractivity contribution in [3.63, 3.8) is 0 Å². The lowest BCUT2D eigenvalue weighted by atomic mass is 9.95. The van der Waals surface area contributed by atoms with E-state index in [-0.39, 0.29) is 11.9 Å². The number of ether oxygens (including phenoxy) is 2. The van der Waals surface area contributed by atoms with E-state index in [0.717, 1.165) is 38.3 Å². The van der Waals surface area contributed by atoms with Crippen LogP contribution in [0.2, 0.25) is 0 Å². The maximum absolute atomic E-state index is 13.1. The Morgan fingerprint density at radius 1 is 1.07 bits per heavy atom. The minimum atomic E-state index is 0.00310. The maximum Gasteiger partial charge on any atom is 0.289 e. The van der Waals surface area contributed by atoms with Gasteiger partial charge < -0.3 is 18.8 Å². The van der Waals surface area contributed by atoms with Crippen LogP contribution in [0.3, 0.4) is 0 Å².